The molecule has 6 rings (SSSR count). The minimum absolute atomic E-state index is 0.134. The topological polar surface area (TPSA) is 135 Å². The number of thiophene rings is 2. The SMILES string of the molecule is O=C(c1cncc(-c2sccc2CCNS(=O)(=O)c2ccc(Cl)cc2)c1)c1cncc(-c2sccc2CCNS(=O)(=O)c2ccc(Cl)cc2)c1. The number of benzene rings is 2. The molecule has 2 aromatic carbocycles. The summed E-state index contributed by atoms with van der Waals surface area (Å²) in [5, 5.41) is 4.74. The Bertz CT molecular complexity index is 2200. The van der Waals surface area contributed by atoms with Crippen LogP contribution in [0.5, 0.6) is 0 Å². The molecule has 0 atom stereocenters. The maximum absolute atomic E-state index is 13.7. The minimum atomic E-state index is -3.70. The van der Waals surface area contributed by atoms with Gasteiger partial charge in [0.2, 0.25) is 20.0 Å². The van der Waals surface area contributed by atoms with Gasteiger partial charge in [-0.25, -0.2) is 26.3 Å². The molecular weight excluding hydrogens is 756 g/mol. The van der Waals surface area contributed by atoms with Gasteiger partial charge in [0, 0.05) is 79.9 Å². The molecule has 0 bridgehead atoms. The average Bonchev–Trinajstić information content (AvgIpc) is 3.78. The Kier molecular flexibility index (Phi) is 11.3. The summed E-state index contributed by atoms with van der Waals surface area (Å²) >= 11 is 14.7. The average molecular weight is 784 g/mol. The van der Waals surface area contributed by atoms with Gasteiger partial charge in [0.1, 0.15) is 0 Å². The monoisotopic (exact) mass is 782 g/mol. The number of aromatic nitrogens is 2. The zero-order valence-corrected chi connectivity index (χ0v) is 30.8. The van der Waals surface area contributed by atoms with Crippen LogP contribution < -0.4 is 9.44 Å². The molecule has 0 radical (unpaired) electrons. The summed E-state index contributed by atoms with van der Waals surface area (Å²) in [6.07, 6.45) is 7.24. The normalized spacial score (nSPS) is 11.9. The Morgan fingerprint density at radius 2 is 1.00 bits per heavy atom. The van der Waals surface area contributed by atoms with Crippen molar-refractivity contribution in [1.82, 2.24) is 19.4 Å². The fourth-order valence-corrected chi connectivity index (χ4v) is 9.34. The number of nitrogens with one attached hydrogen (secondary N) is 2. The van der Waals surface area contributed by atoms with Gasteiger partial charge in [-0.15, -0.1) is 22.7 Å². The number of rotatable bonds is 14. The summed E-state index contributed by atoms with van der Waals surface area (Å²) in [6.45, 7) is 0.357. The third-order valence-corrected chi connectivity index (χ3v) is 13.1. The van der Waals surface area contributed by atoms with E-state index < -0.39 is 20.0 Å². The molecule has 4 heterocycles. The highest BCUT2D eigenvalue weighted by Gasteiger charge is 2.18. The zero-order chi connectivity index (χ0) is 35.3. The van der Waals surface area contributed by atoms with Crippen LogP contribution in [0, 0.1) is 0 Å². The Morgan fingerprint density at radius 1 is 0.600 bits per heavy atom. The number of nitrogens with zero attached hydrogens (tertiary/aromatic N) is 2. The molecule has 0 saturated heterocycles. The largest absolute Gasteiger partial charge is 0.288 e. The number of halogens is 2. The van der Waals surface area contributed by atoms with Gasteiger partial charge in [0.05, 0.1) is 9.79 Å². The van der Waals surface area contributed by atoms with Crippen molar-refractivity contribution >= 4 is 71.7 Å². The van der Waals surface area contributed by atoms with Crippen LogP contribution in [0.15, 0.2) is 118 Å². The van der Waals surface area contributed by atoms with Crippen molar-refractivity contribution in [3.63, 3.8) is 0 Å². The molecule has 0 unspecified atom stereocenters. The van der Waals surface area contributed by atoms with E-state index in [9.17, 15) is 21.6 Å². The van der Waals surface area contributed by atoms with Crippen LogP contribution >= 0.6 is 45.9 Å². The standard InChI is InChI=1S/C35H28Cl2N4O5S4/c36-29-1-5-31(6-2-29)49(43,44)40-13-9-23-11-15-47-34(23)27-17-25(19-38-21-27)33(42)26-18-28(22-39-20-26)35-24(12-16-48-35)10-14-41-50(45,46)32-7-3-30(37)4-8-32/h1-8,11-12,15-22,40-41H,9-10,13-14H2. The van der Waals surface area contributed by atoms with Crippen molar-refractivity contribution in [2.24, 2.45) is 0 Å². The van der Waals surface area contributed by atoms with E-state index in [1.807, 2.05) is 22.9 Å². The van der Waals surface area contributed by atoms with Crippen molar-refractivity contribution in [3.05, 3.63) is 141 Å². The molecule has 0 aliphatic carbocycles. The first-order valence-corrected chi connectivity index (χ1v) is 20.6. The van der Waals surface area contributed by atoms with Gasteiger partial charge in [-0.05, 0) is 108 Å². The smallest absolute Gasteiger partial charge is 0.240 e. The highest BCUT2D eigenvalue weighted by molar-refractivity contribution is 7.89. The highest BCUT2D eigenvalue weighted by Crippen LogP contribution is 2.32. The number of pyridine rings is 2. The molecule has 0 saturated carbocycles. The molecule has 2 N–H and O–H groups in total. The second-order valence-electron chi connectivity index (χ2n) is 11.0. The van der Waals surface area contributed by atoms with Crippen molar-refractivity contribution in [1.29, 1.82) is 0 Å². The van der Waals surface area contributed by atoms with Crippen molar-refractivity contribution in [2.45, 2.75) is 22.6 Å². The van der Waals surface area contributed by atoms with E-state index in [4.69, 9.17) is 23.2 Å². The summed E-state index contributed by atoms with van der Waals surface area (Å²) in [6, 6.07) is 19.3. The lowest BCUT2D eigenvalue weighted by Gasteiger charge is -2.09. The molecule has 0 aliphatic rings. The molecule has 6 aromatic rings. The van der Waals surface area contributed by atoms with Crippen LogP contribution in [0.25, 0.3) is 20.9 Å². The molecule has 0 spiro atoms. The number of carbonyl (C=O) groups excluding carboxylic acids is 1. The fraction of sp³-hybridized carbons (Fsp3) is 0.114. The Labute approximate surface area is 308 Å². The van der Waals surface area contributed by atoms with E-state index in [1.165, 1.54) is 83.6 Å². The van der Waals surface area contributed by atoms with Crippen LogP contribution in [0.1, 0.15) is 27.0 Å². The van der Waals surface area contributed by atoms with Gasteiger partial charge < -0.3 is 0 Å². The van der Waals surface area contributed by atoms with Gasteiger partial charge in [-0.1, -0.05) is 23.2 Å². The first-order valence-electron chi connectivity index (χ1n) is 15.1. The maximum Gasteiger partial charge on any atom is 0.240 e. The van der Waals surface area contributed by atoms with E-state index in [2.05, 4.69) is 19.4 Å². The summed E-state index contributed by atoms with van der Waals surface area (Å²) in [5.74, 6) is -0.253. The van der Waals surface area contributed by atoms with Crippen LogP contribution in [0.4, 0.5) is 0 Å². The maximum atomic E-state index is 13.7. The third kappa shape index (κ3) is 8.56. The van der Waals surface area contributed by atoms with E-state index in [0.29, 0.717) is 34.0 Å². The van der Waals surface area contributed by atoms with Crippen LogP contribution in [-0.4, -0.2) is 45.7 Å². The quantitative estimate of drug-likeness (QED) is 0.109. The van der Waals surface area contributed by atoms with Gasteiger partial charge in [0.25, 0.3) is 0 Å². The van der Waals surface area contributed by atoms with E-state index in [1.54, 1.807) is 24.5 Å². The van der Waals surface area contributed by atoms with Crippen molar-refractivity contribution in [2.75, 3.05) is 13.1 Å². The molecule has 50 heavy (non-hydrogen) atoms. The molecular formula is C35H28Cl2N4O5S4. The Morgan fingerprint density at radius 3 is 1.40 bits per heavy atom. The second-order valence-corrected chi connectivity index (χ2v) is 17.2. The highest BCUT2D eigenvalue weighted by atomic mass is 35.5. The summed E-state index contributed by atoms with van der Waals surface area (Å²) in [7, 11) is -7.40. The number of carbonyl (C=O) groups is 1. The molecule has 9 nitrogen and oxygen atoms in total. The molecule has 0 amide bonds. The minimum Gasteiger partial charge on any atom is -0.288 e. The summed E-state index contributed by atoms with van der Waals surface area (Å²) < 4.78 is 56.1. The van der Waals surface area contributed by atoms with Gasteiger partial charge >= 0.3 is 0 Å². The Hall–Kier alpha value is -3.79. The van der Waals surface area contributed by atoms with Crippen molar-refractivity contribution in [3.8, 4) is 20.9 Å². The second kappa shape index (κ2) is 15.6. The lowest BCUT2D eigenvalue weighted by Crippen LogP contribution is -2.26. The van der Waals surface area contributed by atoms with Gasteiger partial charge in [0.15, 0.2) is 5.78 Å². The lowest BCUT2D eigenvalue weighted by molar-refractivity contribution is 0.103. The zero-order valence-electron chi connectivity index (χ0n) is 26.0. The predicted octanol–water partition coefficient (Wildman–Crippen LogP) is 7.51. The third-order valence-electron chi connectivity index (χ3n) is 7.64. The van der Waals surface area contributed by atoms with Crippen LogP contribution in [0.2, 0.25) is 10.0 Å². The number of hydrogen-bond acceptors (Lipinski definition) is 9. The summed E-state index contributed by atoms with van der Waals surface area (Å²) in [5.41, 5.74) is 4.09. The first kappa shape index (κ1) is 36.0. The fourth-order valence-electron chi connectivity index (χ4n) is 5.15. The predicted molar refractivity (Wildman–Crippen MR) is 199 cm³/mol. The molecule has 4 aromatic heterocycles. The number of hydrogen-bond donors (Lipinski definition) is 2. The lowest BCUT2D eigenvalue weighted by atomic mass is 10.0. The van der Waals surface area contributed by atoms with Gasteiger partial charge in [-0.3, -0.25) is 14.8 Å². The summed E-state index contributed by atoms with van der Waals surface area (Å²) in [4.78, 5) is 24.4. The van der Waals surface area contributed by atoms with E-state index >= 15 is 0 Å². The van der Waals surface area contributed by atoms with Crippen LogP contribution in [-0.2, 0) is 32.9 Å². The molecule has 256 valence electrons. The van der Waals surface area contributed by atoms with Crippen molar-refractivity contribution < 1.29 is 21.6 Å². The van der Waals surface area contributed by atoms with E-state index in [-0.39, 0.29) is 28.7 Å². The van der Waals surface area contributed by atoms with Gasteiger partial charge in [-0.2, -0.15) is 0 Å². The molecule has 0 aliphatic heterocycles. The number of ketones is 1. The van der Waals surface area contributed by atoms with E-state index in [0.717, 1.165) is 32.0 Å². The number of sulfonamides is 2. The molecule has 0 fully saturated rings. The first-order chi connectivity index (χ1) is 24.0. The Balaban J connectivity index is 1.13. The van der Waals surface area contributed by atoms with Crippen LogP contribution in [0.3, 0.4) is 0 Å². The molecule has 15 heteroatoms.